The van der Waals surface area contributed by atoms with Gasteiger partial charge in [0.15, 0.2) is 0 Å². The molecule has 5 heteroatoms. The number of hydrogen-bond acceptors (Lipinski definition) is 3. The van der Waals surface area contributed by atoms with Crippen molar-refractivity contribution in [2.24, 2.45) is 0 Å². The van der Waals surface area contributed by atoms with E-state index in [4.69, 9.17) is 4.74 Å². The number of carbonyl (C=O) groups is 1. The number of amides is 1. The molecule has 0 radical (unpaired) electrons. The molecule has 1 saturated heterocycles. The van der Waals surface area contributed by atoms with Crippen LogP contribution in [0.15, 0.2) is 48.5 Å². The molecule has 2 fully saturated rings. The molecular formula is C27H35FN2O2. The molecule has 0 bridgehead atoms. The Labute approximate surface area is 191 Å². The first-order valence-corrected chi connectivity index (χ1v) is 12.1. The lowest BCUT2D eigenvalue weighted by atomic mass is 9.78. The fraction of sp³-hybridized carbons (Fsp3) is 0.519. The van der Waals surface area contributed by atoms with Crippen LogP contribution in [0.3, 0.4) is 0 Å². The Morgan fingerprint density at radius 3 is 2.47 bits per heavy atom. The minimum absolute atomic E-state index is 0.00840. The van der Waals surface area contributed by atoms with Gasteiger partial charge in [0.25, 0.3) is 0 Å². The molecule has 1 amide bonds. The molecule has 1 saturated carbocycles. The molecule has 1 heterocycles. The van der Waals surface area contributed by atoms with Crippen LogP contribution in [0.2, 0.25) is 0 Å². The van der Waals surface area contributed by atoms with Crippen LogP contribution in [0.1, 0.15) is 63.9 Å². The zero-order chi connectivity index (χ0) is 22.4. The maximum absolute atomic E-state index is 13.4. The molecule has 172 valence electrons. The van der Waals surface area contributed by atoms with E-state index in [2.05, 4.69) is 17.1 Å². The number of hydrogen-bond donors (Lipinski definition) is 1. The summed E-state index contributed by atoms with van der Waals surface area (Å²) in [6.45, 7) is 5.30. The van der Waals surface area contributed by atoms with Gasteiger partial charge in [-0.2, -0.15) is 0 Å². The number of ether oxygens (including phenoxy) is 1. The van der Waals surface area contributed by atoms with Gasteiger partial charge in [0.1, 0.15) is 11.6 Å². The Balaban J connectivity index is 1.30. The molecule has 2 aromatic rings. The summed E-state index contributed by atoms with van der Waals surface area (Å²) in [4.78, 5) is 15.8. The van der Waals surface area contributed by atoms with Gasteiger partial charge in [0, 0.05) is 18.3 Å². The molecule has 1 aliphatic carbocycles. The van der Waals surface area contributed by atoms with Crippen LogP contribution in [0.4, 0.5) is 10.1 Å². The highest BCUT2D eigenvalue weighted by Crippen LogP contribution is 2.42. The maximum atomic E-state index is 13.4. The summed E-state index contributed by atoms with van der Waals surface area (Å²) in [5.74, 6) is 0.540. The minimum atomic E-state index is -0.575. The summed E-state index contributed by atoms with van der Waals surface area (Å²) >= 11 is 0. The predicted molar refractivity (Wildman–Crippen MR) is 127 cm³/mol. The summed E-state index contributed by atoms with van der Waals surface area (Å²) in [6.07, 6.45) is 8.58. The Kier molecular flexibility index (Phi) is 7.46. The van der Waals surface area contributed by atoms with Gasteiger partial charge in [0.05, 0.1) is 12.0 Å². The van der Waals surface area contributed by atoms with Gasteiger partial charge >= 0.3 is 0 Å². The van der Waals surface area contributed by atoms with E-state index in [1.165, 1.54) is 37.9 Å². The fourth-order valence-electron chi connectivity index (χ4n) is 5.23. The molecule has 0 spiro atoms. The largest absolute Gasteiger partial charge is 0.494 e. The number of nitrogens with one attached hydrogen (secondary N) is 1. The predicted octanol–water partition coefficient (Wildman–Crippen LogP) is 5.92. The Morgan fingerprint density at radius 1 is 1.06 bits per heavy atom. The number of benzene rings is 2. The number of rotatable bonds is 8. The lowest BCUT2D eigenvalue weighted by molar-refractivity contribution is -0.121. The first-order valence-electron chi connectivity index (χ1n) is 12.1. The highest BCUT2D eigenvalue weighted by molar-refractivity contribution is 5.99. The Morgan fingerprint density at radius 2 is 1.78 bits per heavy atom. The summed E-state index contributed by atoms with van der Waals surface area (Å²) in [5, 5.41) is 3.09. The standard InChI is InChI=1S/C27H35FN2O2/c1-21-7-2-5-18-30(21)19-6-20-32-25-14-12-24(13-15-25)29-26(31)27(16-3-4-17-27)22-8-10-23(28)11-9-22/h8-15,21H,2-7,16-20H2,1H3,(H,29,31)/t21-/m0/s1. The van der Waals surface area contributed by atoms with Crippen LogP contribution in [0.25, 0.3) is 0 Å². The van der Waals surface area contributed by atoms with Crippen molar-refractivity contribution in [1.82, 2.24) is 4.90 Å². The lowest BCUT2D eigenvalue weighted by Crippen LogP contribution is -2.38. The second-order valence-electron chi connectivity index (χ2n) is 9.36. The lowest BCUT2D eigenvalue weighted by Gasteiger charge is -2.33. The van der Waals surface area contributed by atoms with Crippen LogP contribution < -0.4 is 10.1 Å². The number of anilines is 1. The van der Waals surface area contributed by atoms with Crippen molar-refractivity contribution in [3.8, 4) is 5.75 Å². The van der Waals surface area contributed by atoms with Crippen molar-refractivity contribution >= 4 is 11.6 Å². The second-order valence-corrected chi connectivity index (χ2v) is 9.36. The van der Waals surface area contributed by atoms with Crippen molar-refractivity contribution in [2.45, 2.75) is 69.7 Å². The van der Waals surface area contributed by atoms with Crippen molar-refractivity contribution in [3.63, 3.8) is 0 Å². The van der Waals surface area contributed by atoms with Crippen molar-refractivity contribution < 1.29 is 13.9 Å². The van der Waals surface area contributed by atoms with Crippen molar-refractivity contribution in [1.29, 1.82) is 0 Å². The first-order chi connectivity index (χ1) is 15.6. The molecule has 2 aliphatic rings. The van der Waals surface area contributed by atoms with Gasteiger partial charge < -0.3 is 15.0 Å². The summed E-state index contributed by atoms with van der Waals surface area (Å²) < 4.78 is 19.3. The number of nitrogens with zero attached hydrogens (tertiary/aromatic N) is 1. The van der Waals surface area contributed by atoms with E-state index in [1.54, 1.807) is 12.1 Å². The van der Waals surface area contributed by atoms with E-state index in [-0.39, 0.29) is 11.7 Å². The van der Waals surface area contributed by atoms with E-state index < -0.39 is 5.41 Å². The number of carbonyl (C=O) groups excluding carboxylic acids is 1. The van der Waals surface area contributed by atoms with E-state index in [1.807, 2.05) is 24.3 Å². The van der Waals surface area contributed by atoms with Crippen LogP contribution in [-0.4, -0.2) is 36.5 Å². The number of piperidine rings is 1. The molecule has 2 aromatic carbocycles. The van der Waals surface area contributed by atoms with Gasteiger partial charge in [-0.15, -0.1) is 0 Å². The first kappa shape index (κ1) is 22.8. The van der Waals surface area contributed by atoms with E-state index >= 15 is 0 Å². The molecule has 0 aromatic heterocycles. The molecule has 4 rings (SSSR count). The molecule has 32 heavy (non-hydrogen) atoms. The zero-order valence-electron chi connectivity index (χ0n) is 19.1. The monoisotopic (exact) mass is 438 g/mol. The van der Waals surface area contributed by atoms with Gasteiger partial charge in [0.2, 0.25) is 5.91 Å². The second kappa shape index (κ2) is 10.5. The molecule has 1 aliphatic heterocycles. The number of likely N-dealkylation sites (tertiary alicyclic amines) is 1. The summed E-state index contributed by atoms with van der Waals surface area (Å²) in [6, 6.07) is 14.7. The zero-order valence-corrected chi connectivity index (χ0v) is 19.1. The topological polar surface area (TPSA) is 41.6 Å². The van der Waals surface area contributed by atoms with Crippen LogP contribution in [0.5, 0.6) is 5.75 Å². The highest BCUT2D eigenvalue weighted by Gasteiger charge is 2.42. The van der Waals surface area contributed by atoms with Crippen LogP contribution >= 0.6 is 0 Å². The quantitative estimate of drug-likeness (QED) is 0.520. The smallest absolute Gasteiger partial charge is 0.235 e. The SMILES string of the molecule is C[C@H]1CCCCN1CCCOc1ccc(NC(=O)C2(c3ccc(F)cc3)CCCC2)cc1. The fourth-order valence-corrected chi connectivity index (χ4v) is 5.23. The average molecular weight is 439 g/mol. The Hall–Kier alpha value is -2.40. The summed E-state index contributed by atoms with van der Waals surface area (Å²) in [7, 11) is 0. The van der Waals surface area contributed by atoms with E-state index in [9.17, 15) is 9.18 Å². The van der Waals surface area contributed by atoms with Gasteiger partial charge in [-0.3, -0.25) is 4.79 Å². The molecule has 1 N–H and O–H groups in total. The third-order valence-corrected chi connectivity index (χ3v) is 7.20. The molecule has 4 nitrogen and oxygen atoms in total. The van der Waals surface area contributed by atoms with Gasteiger partial charge in [-0.25, -0.2) is 4.39 Å². The Bertz CT molecular complexity index is 876. The van der Waals surface area contributed by atoms with Gasteiger partial charge in [-0.05, 0) is 87.5 Å². The van der Waals surface area contributed by atoms with Crippen LogP contribution in [0, 0.1) is 5.82 Å². The maximum Gasteiger partial charge on any atom is 0.235 e. The molecular weight excluding hydrogens is 403 g/mol. The van der Waals surface area contributed by atoms with Crippen molar-refractivity contribution in [2.75, 3.05) is 25.0 Å². The normalized spacial score (nSPS) is 20.8. The molecule has 1 atom stereocenters. The summed E-state index contributed by atoms with van der Waals surface area (Å²) in [5.41, 5.74) is 1.09. The third kappa shape index (κ3) is 5.32. The van der Waals surface area contributed by atoms with E-state index in [0.717, 1.165) is 55.6 Å². The minimum Gasteiger partial charge on any atom is -0.494 e. The average Bonchev–Trinajstić information content (AvgIpc) is 3.31. The highest BCUT2D eigenvalue weighted by atomic mass is 19.1. The third-order valence-electron chi connectivity index (χ3n) is 7.20. The molecule has 0 unspecified atom stereocenters. The van der Waals surface area contributed by atoms with E-state index in [0.29, 0.717) is 12.6 Å². The van der Waals surface area contributed by atoms with Crippen molar-refractivity contribution in [3.05, 3.63) is 59.9 Å². The number of halogens is 1. The van der Waals surface area contributed by atoms with Crippen LogP contribution in [-0.2, 0) is 10.2 Å². The van der Waals surface area contributed by atoms with Gasteiger partial charge in [-0.1, -0.05) is 31.4 Å².